The van der Waals surface area contributed by atoms with Gasteiger partial charge in [-0.05, 0) is 19.2 Å². The predicted octanol–water partition coefficient (Wildman–Crippen LogP) is 3.79. The normalized spacial score (nSPS) is 12.1. The molecule has 0 fully saturated rings. The van der Waals surface area contributed by atoms with E-state index in [9.17, 15) is 4.39 Å². The second-order valence-corrected chi connectivity index (χ2v) is 6.55. The van der Waals surface area contributed by atoms with Gasteiger partial charge >= 0.3 is 0 Å². The standard InChI is InChI=1S/C15H19ClFN3O/c1-15(2,3)14-18-13(19-21-14)9-20(4)8-10-11(16)6-5-7-12(10)17/h5-7H,8-9H2,1-4H3. The van der Waals surface area contributed by atoms with Crippen molar-refractivity contribution >= 4 is 11.6 Å². The van der Waals surface area contributed by atoms with Gasteiger partial charge in [0.2, 0.25) is 5.89 Å². The summed E-state index contributed by atoms with van der Waals surface area (Å²) in [4.78, 5) is 6.25. The van der Waals surface area contributed by atoms with Crippen molar-refractivity contribution in [1.29, 1.82) is 0 Å². The summed E-state index contributed by atoms with van der Waals surface area (Å²) in [6, 6.07) is 4.68. The fourth-order valence-corrected chi connectivity index (χ4v) is 2.10. The van der Waals surface area contributed by atoms with E-state index in [2.05, 4.69) is 10.1 Å². The number of benzene rings is 1. The van der Waals surface area contributed by atoms with Crippen molar-refractivity contribution in [2.45, 2.75) is 39.3 Å². The van der Waals surface area contributed by atoms with Gasteiger partial charge in [-0.3, -0.25) is 4.90 Å². The van der Waals surface area contributed by atoms with Crippen LogP contribution in [0, 0.1) is 5.82 Å². The quantitative estimate of drug-likeness (QED) is 0.861. The molecule has 6 heteroatoms. The summed E-state index contributed by atoms with van der Waals surface area (Å²) in [6.45, 7) is 6.86. The van der Waals surface area contributed by atoms with E-state index in [4.69, 9.17) is 16.1 Å². The van der Waals surface area contributed by atoms with Gasteiger partial charge in [0.05, 0.1) is 6.54 Å². The van der Waals surface area contributed by atoms with E-state index < -0.39 is 0 Å². The highest BCUT2D eigenvalue weighted by Gasteiger charge is 2.22. The number of aromatic nitrogens is 2. The summed E-state index contributed by atoms with van der Waals surface area (Å²) >= 11 is 6.02. The van der Waals surface area contributed by atoms with Crippen molar-refractivity contribution in [2.75, 3.05) is 7.05 Å². The number of hydrogen-bond acceptors (Lipinski definition) is 4. The number of rotatable bonds is 4. The summed E-state index contributed by atoms with van der Waals surface area (Å²) in [5.74, 6) is 0.863. The molecular weight excluding hydrogens is 293 g/mol. The number of halogens is 2. The van der Waals surface area contributed by atoms with E-state index in [1.807, 2.05) is 32.7 Å². The Morgan fingerprint density at radius 3 is 2.57 bits per heavy atom. The Morgan fingerprint density at radius 2 is 2.00 bits per heavy atom. The van der Waals surface area contributed by atoms with Crippen molar-refractivity contribution in [3.8, 4) is 0 Å². The van der Waals surface area contributed by atoms with Gasteiger partial charge in [0.1, 0.15) is 5.82 Å². The third-order valence-electron chi connectivity index (χ3n) is 3.01. The second kappa shape index (κ2) is 6.12. The van der Waals surface area contributed by atoms with Crippen molar-refractivity contribution in [3.63, 3.8) is 0 Å². The van der Waals surface area contributed by atoms with E-state index >= 15 is 0 Å². The molecule has 0 bridgehead atoms. The van der Waals surface area contributed by atoms with Crippen LogP contribution in [0.2, 0.25) is 5.02 Å². The Bertz CT molecular complexity index is 601. The molecule has 0 aliphatic heterocycles. The summed E-state index contributed by atoms with van der Waals surface area (Å²) in [6.07, 6.45) is 0. The Labute approximate surface area is 128 Å². The average Bonchev–Trinajstić information content (AvgIpc) is 2.82. The van der Waals surface area contributed by atoms with Gasteiger partial charge in [-0.15, -0.1) is 0 Å². The number of nitrogens with zero attached hydrogens (tertiary/aromatic N) is 3. The molecule has 0 atom stereocenters. The lowest BCUT2D eigenvalue weighted by atomic mass is 9.97. The fraction of sp³-hybridized carbons (Fsp3) is 0.467. The van der Waals surface area contributed by atoms with E-state index in [1.165, 1.54) is 6.07 Å². The second-order valence-electron chi connectivity index (χ2n) is 6.14. The molecule has 0 spiro atoms. The molecule has 0 unspecified atom stereocenters. The predicted molar refractivity (Wildman–Crippen MR) is 79.6 cm³/mol. The smallest absolute Gasteiger partial charge is 0.232 e. The van der Waals surface area contributed by atoms with E-state index in [1.54, 1.807) is 12.1 Å². The van der Waals surface area contributed by atoms with E-state index in [0.29, 0.717) is 35.4 Å². The van der Waals surface area contributed by atoms with Crippen LogP contribution < -0.4 is 0 Å². The first-order chi connectivity index (χ1) is 9.77. The summed E-state index contributed by atoms with van der Waals surface area (Å²) in [5.41, 5.74) is 0.291. The van der Waals surface area contributed by atoms with Crippen LogP contribution in [-0.2, 0) is 18.5 Å². The van der Waals surface area contributed by atoms with Gasteiger partial charge in [-0.25, -0.2) is 4.39 Å². The molecule has 2 rings (SSSR count). The first kappa shape index (κ1) is 15.9. The largest absolute Gasteiger partial charge is 0.339 e. The van der Waals surface area contributed by atoms with Gasteiger partial charge in [0.25, 0.3) is 0 Å². The molecule has 1 heterocycles. The molecule has 0 saturated carbocycles. The van der Waals surface area contributed by atoms with Crippen molar-refractivity contribution in [2.24, 2.45) is 0 Å². The third-order valence-corrected chi connectivity index (χ3v) is 3.36. The van der Waals surface area contributed by atoms with Crippen LogP contribution in [0.15, 0.2) is 22.7 Å². The highest BCUT2D eigenvalue weighted by atomic mass is 35.5. The molecule has 0 aliphatic carbocycles. The first-order valence-corrected chi connectivity index (χ1v) is 7.09. The molecule has 2 aromatic rings. The van der Waals surface area contributed by atoms with Crippen molar-refractivity contribution < 1.29 is 8.91 Å². The zero-order valence-corrected chi connectivity index (χ0v) is 13.4. The Balaban J connectivity index is 2.05. The molecule has 21 heavy (non-hydrogen) atoms. The van der Waals surface area contributed by atoms with E-state index in [-0.39, 0.29) is 11.2 Å². The van der Waals surface area contributed by atoms with Crippen LogP contribution in [-0.4, -0.2) is 22.1 Å². The van der Waals surface area contributed by atoms with Crippen LogP contribution in [0.4, 0.5) is 4.39 Å². The van der Waals surface area contributed by atoms with Crippen LogP contribution >= 0.6 is 11.6 Å². The molecule has 1 aromatic heterocycles. The van der Waals surface area contributed by atoms with Gasteiger partial charge in [0.15, 0.2) is 5.82 Å². The lowest BCUT2D eigenvalue weighted by molar-refractivity contribution is 0.289. The van der Waals surface area contributed by atoms with Crippen LogP contribution in [0.3, 0.4) is 0 Å². The lowest BCUT2D eigenvalue weighted by Crippen LogP contribution is -2.19. The molecule has 4 nitrogen and oxygen atoms in total. The number of hydrogen-bond donors (Lipinski definition) is 0. The molecule has 1 aromatic carbocycles. The highest BCUT2D eigenvalue weighted by Crippen LogP contribution is 2.22. The lowest BCUT2D eigenvalue weighted by Gasteiger charge is -2.16. The topological polar surface area (TPSA) is 42.2 Å². The Morgan fingerprint density at radius 1 is 1.29 bits per heavy atom. The molecule has 114 valence electrons. The van der Waals surface area contributed by atoms with Crippen molar-refractivity contribution in [1.82, 2.24) is 15.0 Å². The minimum atomic E-state index is -0.308. The maximum Gasteiger partial charge on any atom is 0.232 e. The fourth-order valence-electron chi connectivity index (χ4n) is 1.87. The zero-order chi connectivity index (χ0) is 15.6. The maximum atomic E-state index is 13.7. The Kier molecular flexibility index (Phi) is 4.64. The summed E-state index contributed by atoms with van der Waals surface area (Å²) in [5, 5.41) is 4.38. The molecule has 0 radical (unpaired) electrons. The molecular formula is C15H19ClFN3O. The van der Waals surface area contributed by atoms with Gasteiger partial charge in [-0.2, -0.15) is 4.98 Å². The Hall–Kier alpha value is -1.46. The molecule has 0 N–H and O–H groups in total. The SMILES string of the molecule is CN(Cc1noc(C(C)(C)C)n1)Cc1c(F)cccc1Cl. The first-order valence-electron chi connectivity index (χ1n) is 6.72. The van der Waals surface area contributed by atoms with Crippen molar-refractivity contribution in [3.05, 3.63) is 46.3 Å². The minimum Gasteiger partial charge on any atom is -0.339 e. The minimum absolute atomic E-state index is 0.182. The van der Waals surface area contributed by atoms with Gasteiger partial charge < -0.3 is 4.52 Å². The zero-order valence-electron chi connectivity index (χ0n) is 12.7. The van der Waals surface area contributed by atoms with Crippen LogP contribution in [0.1, 0.15) is 38.0 Å². The highest BCUT2D eigenvalue weighted by molar-refractivity contribution is 6.31. The maximum absolute atomic E-state index is 13.7. The van der Waals surface area contributed by atoms with Gasteiger partial charge in [-0.1, -0.05) is 43.6 Å². The van der Waals surface area contributed by atoms with Crippen LogP contribution in [0.5, 0.6) is 0 Å². The summed E-state index contributed by atoms with van der Waals surface area (Å²) in [7, 11) is 1.86. The van der Waals surface area contributed by atoms with Gasteiger partial charge in [0, 0.05) is 22.5 Å². The summed E-state index contributed by atoms with van der Waals surface area (Å²) < 4.78 is 19.0. The molecule has 0 amide bonds. The third kappa shape index (κ3) is 4.02. The van der Waals surface area contributed by atoms with Crippen LogP contribution in [0.25, 0.3) is 0 Å². The van der Waals surface area contributed by atoms with E-state index in [0.717, 1.165) is 0 Å². The monoisotopic (exact) mass is 311 g/mol. The average molecular weight is 312 g/mol. The molecule has 0 saturated heterocycles. The molecule has 0 aliphatic rings.